The van der Waals surface area contributed by atoms with E-state index in [4.69, 9.17) is 9.26 Å². The number of ether oxygens (including phenoxy) is 1. The van der Waals surface area contributed by atoms with Crippen LogP contribution in [0, 0.1) is 19.8 Å². The first-order chi connectivity index (χ1) is 10.7. The Morgan fingerprint density at radius 1 is 1.36 bits per heavy atom. The molecule has 0 saturated heterocycles. The van der Waals surface area contributed by atoms with E-state index in [1.54, 1.807) is 0 Å². The van der Waals surface area contributed by atoms with Crippen molar-refractivity contribution in [3.63, 3.8) is 0 Å². The lowest BCUT2D eigenvalue weighted by atomic mass is 10.1. The molecule has 0 saturated carbocycles. The fourth-order valence-electron chi connectivity index (χ4n) is 3.10. The van der Waals surface area contributed by atoms with Crippen molar-refractivity contribution in [1.29, 1.82) is 0 Å². The number of fused-ring (bicyclic) bond motifs is 1. The van der Waals surface area contributed by atoms with Crippen molar-refractivity contribution in [2.24, 2.45) is 5.92 Å². The van der Waals surface area contributed by atoms with Crippen LogP contribution in [0.2, 0.25) is 0 Å². The number of aromatic nitrogens is 3. The van der Waals surface area contributed by atoms with Gasteiger partial charge >= 0.3 is 0 Å². The zero-order valence-corrected chi connectivity index (χ0v) is 13.6. The first-order valence-corrected chi connectivity index (χ1v) is 7.88. The van der Waals surface area contributed by atoms with Gasteiger partial charge in [-0.2, -0.15) is 0 Å². The highest BCUT2D eigenvalue weighted by molar-refractivity contribution is 5.20. The zero-order chi connectivity index (χ0) is 15.5. The predicted molar refractivity (Wildman–Crippen MR) is 82.3 cm³/mol. The molecular formula is C16H24N4O2. The van der Waals surface area contributed by atoms with Gasteiger partial charge in [-0.05, 0) is 20.8 Å². The molecule has 0 aromatic carbocycles. The van der Waals surface area contributed by atoms with E-state index in [0.717, 1.165) is 50.8 Å². The highest BCUT2D eigenvalue weighted by atomic mass is 16.5. The molecule has 0 amide bonds. The van der Waals surface area contributed by atoms with E-state index in [9.17, 15) is 0 Å². The van der Waals surface area contributed by atoms with Crippen molar-refractivity contribution in [3.05, 3.63) is 35.2 Å². The van der Waals surface area contributed by atoms with Gasteiger partial charge in [-0.3, -0.25) is 4.90 Å². The molecule has 3 rings (SSSR count). The SMILES string of the molecule is CCOCC1CN(Cc2c(C)noc2C)Cc2cncn2C1. The Morgan fingerprint density at radius 3 is 2.95 bits per heavy atom. The standard InChI is InChI=1S/C16H24N4O2/c1-4-21-10-14-6-19(8-15-5-17-11-20(15)7-14)9-16-12(2)18-22-13(16)3/h5,11,14H,4,6-10H2,1-3H3. The predicted octanol–water partition coefficient (Wildman–Crippen LogP) is 2.16. The van der Waals surface area contributed by atoms with E-state index in [1.807, 2.05) is 33.3 Å². The lowest BCUT2D eigenvalue weighted by molar-refractivity contribution is 0.0849. The van der Waals surface area contributed by atoms with Crippen molar-refractivity contribution < 1.29 is 9.26 Å². The first kappa shape index (κ1) is 15.2. The molecule has 0 N–H and O–H groups in total. The number of hydrogen-bond donors (Lipinski definition) is 0. The number of rotatable bonds is 5. The number of hydrogen-bond acceptors (Lipinski definition) is 5. The van der Waals surface area contributed by atoms with Gasteiger partial charge in [0.25, 0.3) is 0 Å². The lowest BCUT2D eigenvalue weighted by Crippen LogP contribution is -2.30. The van der Waals surface area contributed by atoms with Crippen LogP contribution in [-0.2, 0) is 24.4 Å². The lowest BCUT2D eigenvalue weighted by Gasteiger charge is -2.23. The third kappa shape index (κ3) is 3.23. The molecule has 120 valence electrons. The van der Waals surface area contributed by atoms with Crippen LogP contribution >= 0.6 is 0 Å². The Morgan fingerprint density at radius 2 is 2.23 bits per heavy atom. The van der Waals surface area contributed by atoms with E-state index in [1.165, 1.54) is 11.3 Å². The Balaban J connectivity index is 1.78. The van der Waals surface area contributed by atoms with Crippen molar-refractivity contribution in [2.75, 3.05) is 19.8 Å². The molecule has 1 aliphatic heterocycles. The Labute approximate surface area is 131 Å². The highest BCUT2D eigenvalue weighted by Crippen LogP contribution is 2.21. The molecule has 1 aliphatic rings. The quantitative estimate of drug-likeness (QED) is 0.847. The molecule has 6 heteroatoms. The molecule has 1 atom stereocenters. The minimum absolute atomic E-state index is 0.468. The third-order valence-electron chi connectivity index (χ3n) is 4.28. The van der Waals surface area contributed by atoms with Crippen molar-refractivity contribution in [1.82, 2.24) is 19.6 Å². The molecule has 0 spiro atoms. The largest absolute Gasteiger partial charge is 0.381 e. The molecule has 3 heterocycles. The fraction of sp³-hybridized carbons (Fsp3) is 0.625. The van der Waals surface area contributed by atoms with Crippen LogP contribution in [0.4, 0.5) is 0 Å². The zero-order valence-electron chi connectivity index (χ0n) is 13.6. The van der Waals surface area contributed by atoms with Gasteiger partial charge in [0.15, 0.2) is 0 Å². The summed E-state index contributed by atoms with van der Waals surface area (Å²) in [5.41, 5.74) is 3.44. The molecule has 0 aliphatic carbocycles. The summed E-state index contributed by atoms with van der Waals surface area (Å²) in [7, 11) is 0. The van der Waals surface area contributed by atoms with Crippen LogP contribution in [0.3, 0.4) is 0 Å². The molecule has 0 bridgehead atoms. The second kappa shape index (κ2) is 6.62. The summed E-state index contributed by atoms with van der Waals surface area (Å²) in [5.74, 6) is 1.38. The maximum absolute atomic E-state index is 5.66. The second-order valence-electron chi connectivity index (χ2n) is 6.04. The van der Waals surface area contributed by atoms with Gasteiger partial charge in [0.05, 0.1) is 24.3 Å². The fourth-order valence-corrected chi connectivity index (χ4v) is 3.10. The summed E-state index contributed by atoms with van der Waals surface area (Å²) in [6.07, 6.45) is 3.89. The van der Waals surface area contributed by atoms with Gasteiger partial charge in [-0.25, -0.2) is 4.98 Å². The monoisotopic (exact) mass is 304 g/mol. The average molecular weight is 304 g/mol. The summed E-state index contributed by atoms with van der Waals surface area (Å²) in [4.78, 5) is 6.73. The minimum atomic E-state index is 0.468. The number of aryl methyl sites for hydroxylation is 2. The van der Waals surface area contributed by atoms with E-state index in [-0.39, 0.29) is 0 Å². The molecule has 22 heavy (non-hydrogen) atoms. The maximum Gasteiger partial charge on any atom is 0.138 e. The summed E-state index contributed by atoms with van der Waals surface area (Å²) >= 11 is 0. The maximum atomic E-state index is 5.66. The molecular weight excluding hydrogens is 280 g/mol. The van der Waals surface area contributed by atoms with Crippen LogP contribution in [0.1, 0.15) is 29.6 Å². The van der Waals surface area contributed by atoms with Gasteiger partial charge in [-0.15, -0.1) is 0 Å². The normalized spacial score (nSPS) is 19.1. The van der Waals surface area contributed by atoms with Crippen molar-refractivity contribution >= 4 is 0 Å². The Bertz CT molecular complexity index is 600. The summed E-state index contributed by atoms with van der Waals surface area (Å²) in [5, 5.41) is 4.06. The molecule has 2 aromatic rings. The van der Waals surface area contributed by atoms with Crippen LogP contribution in [-0.4, -0.2) is 39.4 Å². The van der Waals surface area contributed by atoms with Crippen LogP contribution < -0.4 is 0 Å². The van der Waals surface area contributed by atoms with Crippen LogP contribution in [0.5, 0.6) is 0 Å². The van der Waals surface area contributed by atoms with Gasteiger partial charge < -0.3 is 13.8 Å². The van der Waals surface area contributed by atoms with E-state index in [0.29, 0.717) is 5.92 Å². The number of imidazole rings is 1. The van der Waals surface area contributed by atoms with E-state index in [2.05, 4.69) is 19.6 Å². The van der Waals surface area contributed by atoms with Gasteiger partial charge in [-0.1, -0.05) is 5.16 Å². The second-order valence-corrected chi connectivity index (χ2v) is 6.04. The highest BCUT2D eigenvalue weighted by Gasteiger charge is 2.23. The van der Waals surface area contributed by atoms with Crippen LogP contribution in [0.15, 0.2) is 17.0 Å². The van der Waals surface area contributed by atoms with Gasteiger partial charge in [0.2, 0.25) is 0 Å². The minimum Gasteiger partial charge on any atom is -0.381 e. The van der Waals surface area contributed by atoms with E-state index >= 15 is 0 Å². The van der Waals surface area contributed by atoms with Gasteiger partial charge in [0, 0.05) is 50.5 Å². The molecule has 2 aromatic heterocycles. The van der Waals surface area contributed by atoms with Gasteiger partial charge in [0.1, 0.15) is 5.76 Å². The molecule has 0 fully saturated rings. The average Bonchev–Trinajstić information content (AvgIpc) is 3.01. The Kier molecular flexibility index (Phi) is 4.59. The smallest absolute Gasteiger partial charge is 0.138 e. The van der Waals surface area contributed by atoms with Crippen molar-refractivity contribution in [3.8, 4) is 0 Å². The summed E-state index contributed by atoms with van der Waals surface area (Å²) in [6, 6.07) is 0. The molecule has 0 radical (unpaired) electrons. The van der Waals surface area contributed by atoms with E-state index < -0.39 is 0 Å². The summed E-state index contributed by atoms with van der Waals surface area (Å²) < 4.78 is 13.2. The summed E-state index contributed by atoms with van der Waals surface area (Å²) in [6.45, 7) is 11.3. The Hall–Kier alpha value is -1.66. The first-order valence-electron chi connectivity index (χ1n) is 7.88. The van der Waals surface area contributed by atoms with Crippen molar-refractivity contribution in [2.45, 2.75) is 40.4 Å². The third-order valence-corrected chi connectivity index (χ3v) is 4.28. The number of nitrogens with zero attached hydrogens (tertiary/aromatic N) is 4. The van der Waals surface area contributed by atoms with Crippen LogP contribution in [0.25, 0.3) is 0 Å². The molecule has 1 unspecified atom stereocenters. The topological polar surface area (TPSA) is 56.3 Å². The molecule has 6 nitrogen and oxygen atoms in total.